The summed E-state index contributed by atoms with van der Waals surface area (Å²) in [7, 11) is -4.18. The second-order valence-corrected chi connectivity index (χ2v) is 6.40. The maximum Gasteiger partial charge on any atom is 0.289 e. The first kappa shape index (κ1) is 16.6. The highest BCUT2D eigenvalue weighted by molar-refractivity contribution is 7.89. The van der Waals surface area contributed by atoms with E-state index < -0.39 is 31.6 Å². The summed E-state index contributed by atoms with van der Waals surface area (Å²) in [5.74, 6) is 0. The van der Waals surface area contributed by atoms with Crippen LogP contribution in [0.4, 0.5) is 5.69 Å². The maximum absolute atomic E-state index is 12.4. The number of nitro groups is 1. The molecule has 0 radical (unpaired) electrons. The third-order valence-electron chi connectivity index (χ3n) is 3.09. The van der Waals surface area contributed by atoms with Crippen LogP contribution < -0.4 is 4.72 Å². The lowest BCUT2D eigenvalue weighted by Gasteiger charge is -2.12. The number of nitro benzene ring substituents is 1. The topological polar surface area (TPSA) is 113 Å². The number of hydrogen-bond donors (Lipinski definition) is 1. The van der Waals surface area contributed by atoms with Gasteiger partial charge in [-0.25, -0.2) is 8.42 Å². The monoisotopic (exact) mass is 331 g/mol. The predicted octanol–water partition coefficient (Wildman–Crippen LogP) is 2.01. The third-order valence-corrected chi connectivity index (χ3v) is 4.61. The average Bonchev–Trinajstić information content (AvgIpc) is 2.55. The van der Waals surface area contributed by atoms with Crippen molar-refractivity contribution >= 4 is 15.7 Å². The first-order valence-electron chi connectivity index (χ1n) is 6.63. The zero-order chi connectivity index (χ0) is 16.9. The molecule has 0 bridgehead atoms. The van der Waals surface area contributed by atoms with Gasteiger partial charge in [-0.2, -0.15) is 9.98 Å². The Morgan fingerprint density at radius 1 is 1.13 bits per heavy atom. The fourth-order valence-corrected chi connectivity index (χ4v) is 3.36. The van der Waals surface area contributed by atoms with Crippen molar-refractivity contribution in [3.05, 3.63) is 70.3 Å². The Kier molecular flexibility index (Phi) is 5.05. The highest BCUT2D eigenvalue weighted by atomic mass is 32.2. The summed E-state index contributed by atoms with van der Waals surface area (Å²) in [5, 5.41) is 20.1. The van der Waals surface area contributed by atoms with Crippen LogP contribution in [0, 0.1) is 21.4 Å². The van der Waals surface area contributed by atoms with Gasteiger partial charge in [0.15, 0.2) is 4.90 Å². The standard InChI is InChI=1S/C15H13N3O4S/c16-11-13(10-12-6-2-1-3-7-12)17-23(21,22)15-9-5-4-8-14(15)18(19)20/h1-9,13,17H,10H2/t13-/m1/s1. The van der Waals surface area contributed by atoms with Crippen molar-refractivity contribution < 1.29 is 13.3 Å². The summed E-state index contributed by atoms with van der Waals surface area (Å²) >= 11 is 0. The van der Waals surface area contributed by atoms with Crippen LogP contribution in [0.15, 0.2) is 59.5 Å². The van der Waals surface area contributed by atoms with Gasteiger partial charge in [-0.3, -0.25) is 10.1 Å². The molecule has 0 aromatic heterocycles. The zero-order valence-electron chi connectivity index (χ0n) is 11.9. The number of nitrogens with one attached hydrogen (secondary N) is 1. The molecule has 0 aliphatic rings. The first-order valence-corrected chi connectivity index (χ1v) is 8.11. The van der Waals surface area contributed by atoms with Gasteiger partial charge in [-0.15, -0.1) is 0 Å². The Balaban J connectivity index is 2.27. The van der Waals surface area contributed by atoms with Gasteiger partial charge in [0.2, 0.25) is 10.0 Å². The summed E-state index contributed by atoms with van der Waals surface area (Å²) in [5.41, 5.74) is 0.251. The van der Waals surface area contributed by atoms with Crippen molar-refractivity contribution in [2.24, 2.45) is 0 Å². The second-order valence-electron chi connectivity index (χ2n) is 4.72. The van der Waals surface area contributed by atoms with Gasteiger partial charge in [-0.05, 0) is 11.6 Å². The molecule has 2 aromatic rings. The molecule has 7 nitrogen and oxygen atoms in total. The summed E-state index contributed by atoms with van der Waals surface area (Å²) in [6.07, 6.45) is 0.164. The molecule has 0 amide bonds. The van der Waals surface area contributed by atoms with Gasteiger partial charge in [0.1, 0.15) is 6.04 Å². The van der Waals surface area contributed by atoms with Crippen molar-refractivity contribution in [2.75, 3.05) is 0 Å². The van der Waals surface area contributed by atoms with E-state index in [0.29, 0.717) is 0 Å². The van der Waals surface area contributed by atoms with E-state index in [4.69, 9.17) is 5.26 Å². The quantitative estimate of drug-likeness (QED) is 0.642. The molecule has 0 saturated carbocycles. The molecule has 0 saturated heterocycles. The third kappa shape index (κ3) is 4.12. The van der Waals surface area contributed by atoms with E-state index >= 15 is 0 Å². The highest BCUT2D eigenvalue weighted by Gasteiger charge is 2.27. The van der Waals surface area contributed by atoms with Crippen molar-refractivity contribution in [2.45, 2.75) is 17.4 Å². The lowest BCUT2D eigenvalue weighted by atomic mass is 10.1. The summed E-state index contributed by atoms with van der Waals surface area (Å²) in [4.78, 5) is 9.73. The van der Waals surface area contributed by atoms with E-state index in [-0.39, 0.29) is 6.42 Å². The molecule has 1 N–H and O–H groups in total. The van der Waals surface area contributed by atoms with Crippen molar-refractivity contribution in [1.29, 1.82) is 5.26 Å². The fraction of sp³-hybridized carbons (Fsp3) is 0.133. The SMILES string of the molecule is N#C[C@@H](Cc1ccccc1)NS(=O)(=O)c1ccccc1[N+](=O)[O-]. The molecule has 8 heteroatoms. The van der Waals surface area contributed by atoms with Gasteiger partial charge in [0, 0.05) is 12.5 Å². The van der Waals surface area contributed by atoms with Gasteiger partial charge in [0.05, 0.1) is 11.0 Å². The Hall–Kier alpha value is -2.76. The summed E-state index contributed by atoms with van der Waals surface area (Å²) in [6, 6.07) is 14.7. The van der Waals surface area contributed by atoms with Crippen LogP contribution in [0.3, 0.4) is 0 Å². The van der Waals surface area contributed by atoms with Crippen molar-refractivity contribution in [3.8, 4) is 6.07 Å². The average molecular weight is 331 g/mol. The minimum absolute atomic E-state index is 0.164. The van der Waals surface area contributed by atoms with Gasteiger partial charge < -0.3 is 0 Å². The van der Waals surface area contributed by atoms with Gasteiger partial charge >= 0.3 is 0 Å². The van der Waals surface area contributed by atoms with Crippen LogP contribution in [0.25, 0.3) is 0 Å². The highest BCUT2D eigenvalue weighted by Crippen LogP contribution is 2.23. The van der Waals surface area contributed by atoms with E-state index in [1.807, 2.05) is 12.1 Å². The fourth-order valence-electron chi connectivity index (χ4n) is 2.05. The van der Waals surface area contributed by atoms with Gasteiger partial charge in [0.25, 0.3) is 5.69 Å². The number of hydrogen-bond acceptors (Lipinski definition) is 5. The second kappa shape index (κ2) is 7.00. The molecule has 0 fully saturated rings. The van der Waals surface area contributed by atoms with Gasteiger partial charge in [-0.1, -0.05) is 42.5 Å². The molecule has 2 aromatic carbocycles. The number of sulfonamides is 1. The Labute approximate surface area is 133 Å². The van der Waals surface area contributed by atoms with Crippen LogP contribution in [0.2, 0.25) is 0 Å². The molecule has 0 unspecified atom stereocenters. The van der Waals surface area contributed by atoms with Crippen LogP contribution >= 0.6 is 0 Å². The van der Waals surface area contributed by atoms with Crippen molar-refractivity contribution in [1.82, 2.24) is 4.72 Å². The van der Waals surface area contributed by atoms with Crippen LogP contribution in [0.5, 0.6) is 0 Å². The number of nitrogens with zero attached hydrogens (tertiary/aromatic N) is 2. The predicted molar refractivity (Wildman–Crippen MR) is 83.0 cm³/mol. The van der Waals surface area contributed by atoms with Crippen molar-refractivity contribution in [3.63, 3.8) is 0 Å². The Morgan fingerprint density at radius 3 is 2.35 bits per heavy atom. The van der Waals surface area contributed by atoms with E-state index in [1.165, 1.54) is 12.1 Å². The first-order chi connectivity index (χ1) is 10.9. The minimum atomic E-state index is -4.18. The zero-order valence-corrected chi connectivity index (χ0v) is 12.7. The van der Waals surface area contributed by atoms with E-state index in [9.17, 15) is 18.5 Å². The Morgan fingerprint density at radius 2 is 1.74 bits per heavy atom. The molecule has 0 heterocycles. The number of nitriles is 1. The number of para-hydroxylation sites is 1. The smallest absolute Gasteiger partial charge is 0.258 e. The maximum atomic E-state index is 12.4. The van der Waals surface area contributed by atoms with E-state index in [2.05, 4.69) is 4.72 Å². The van der Waals surface area contributed by atoms with Crippen LogP contribution in [0.1, 0.15) is 5.56 Å². The normalized spacial score (nSPS) is 12.3. The Bertz CT molecular complexity index is 845. The molecule has 23 heavy (non-hydrogen) atoms. The lowest BCUT2D eigenvalue weighted by Crippen LogP contribution is -2.35. The molecular formula is C15H13N3O4S. The largest absolute Gasteiger partial charge is 0.289 e. The molecule has 0 aliphatic carbocycles. The molecule has 2 rings (SSSR count). The van der Waals surface area contributed by atoms with E-state index in [0.717, 1.165) is 17.7 Å². The number of rotatable bonds is 6. The molecule has 0 spiro atoms. The van der Waals surface area contributed by atoms with Crippen LogP contribution in [-0.4, -0.2) is 19.4 Å². The molecule has 118 valence electrons. The molecular weight excluding hydrogens is 318 g/mol. The molecule has 0 aliphatic heterocycles. The van der Waals surface area contributed by atoms with Crippen LogP contribution in [-0.2, 0) is 16.4 Å². The summed E-state index contributed by atoms with van der Waals surface area (Å²) in [6.45, 7) is 0. The summed E-state index contributed by atoms with van der Waals surface area (Å²) < 4.78 is 26.9. The van der Waals surface area contributed by atoms with E-state index in [1.54, 1.807) is 24.3 Å². The number of benzene rings is 2. The molecule has 1 atom stereocenters. The minimum Gasteiger partial charge on any atom is -0.258 e. The lowest BCUT2D eigenvalue weighted by molar-refractivity contribution is -0.387.